The standard InChI is InChI=1S/C34H32N4O3S2/c1-3-41-33(40)29-27-11-7-8-12-28(27)43-32(29)35-31(39)25-17-15-23(16-18-25)21-42-34-37-36-30(24-9-5-4-6-10-24)38(34)26-19-13-22(2)14-20-26/h4-6,9-10,13-20H,3,7-8,11-12,21H2,1-2H3,(H,35,39). The van der Waals surface area contributed by atoms with Crippen LogP contribution in [0.2, 0.25) is 0 Å². The van der Waals surface area contributed by atoms with E-state index >= 15 is 0 Å². The summed E-state index contributed by atoms with van der Waals surface area (Å²) in [6.07, 6.45) is 3.90. The number of hydrogen-bond donors (Lipinski definition) is 1. The monoisotopic (exact) mass is 608 g/mol. The Morgan fingerprint density at radius 3 is 2.44 bits per heavy atom. The molecule has 43 heavy (non-hydrogen) atoms. The zero-order valence-corrected chi connectivity index (χ0v) is 25.8. The average molecular weight is 609 g/mol. The predicted octanol–water partition coefficient (Wildman–Crippen LogP) is 7.90. The van der Waals surface area contributed by atoms with E-state index in [9.17, 15) is 9.59 Å². The number of esters is 1. The van der Waals surface area contributed by atoms with Crippen molar-refractivity contribution in [3.05, 3.63) is 112 Å². The number of aryl methyl sites for hydroxylation is 2. The van der Waals surface area contributed by atoms with Gasteiger partial charge in [0.05, 0.1) is 12.2 Å². The van der Waals surface area contributed by atoms with Crippen LogP contribution < -0.4 is 5.32 Å². The minimum atomic E-state index is -0.363. The molecule has 6 rings (SSSR count). The Morgan fingerprint density at radius 1 is 0.953 bits per heavy atom. The third-order valence-corrected chi connectivity index (χ3v) is 9.63. The molecule has 5 aromatic rings. The fourth-order valence-electron chi connectivity index (χ4n) is 5.21. The number of aromatic nitrogens is 3. The first kappa shape index (κ1) is 28.9. The first-order chi connectivity index (χ1) is 21.0. The molecule has 7 nitrogen and oxygen atoms in total. The first-order valence-electron chi connectivity index (χ1n) is 14.4. The molecule has 0 radical (unpaired) electrons. The summed E-state index contributed by atoms with van der Waals surface area (Å²) >= 11 is 3.09. The largest absolute Gasteiger partial charge is 0.462 e. The Hall–Kier alpha value is -4.21. The Kier molecular flexibility index (Phi) is 8.72. The van der Waals surface area contributed by atoms with Gasteiger partial charge in [0.15, 0.2) is 11.0 Å². The van der Waals surface area contributed by atoms with Gasteiger partial charge in [-0.3, -0.25) is 9.36 Å². The molecule has 9 heteroatoms. The molecule has 1 aliphatic carbocycles. The number of nitrogens with one attached hydrogen (secondary N) is 1. The second kappa shape index (κ2) is 13.0. The number of thiophene rings is 1. The second-order valence-corrected chi connectivity index (χ2v) is 12.5. The molecule has 1 amide bonds. The van der Waals surface area contributed by atoms with Crippen molar-refractivity contribution in [1.82, 2.24) is 14.8 Å². The fourth-order valence-corrected chi connectivity index (χ4v) is 7.39. The lowest BCUT2D eigenvalue weighted by atomic mass is 9.95. The van der Waals surface area contributed by atoms with Gasteiger partial charge in [-0.2, -0.15) is 0 Å². The van der Waals surface area contributed by atoms with Crippen LogP contribution in [0.1, 0.15) is 62.0 Å². The van der Waals surface area contributed by atoms with Gasteiger partial charge in [-0.15, -0.1) is 21.5 Å². The van der Waals surface area contributed by atoms with Crippen LogP contribution in [-0.4, -0.2) is 33.2 Å². The number of carbonyl (C=O) groups is 2. The van der Waals surface area contributed by atoms with Crippen molar-refractivity contribution in [3.63, 3.8) is 0 Å². The maximum Gasteiger partial charge on any atom is 0.341 e. The average Bonchev–Trinajstić information content (AvgIpc) is 3.62. The minimum Gasteiger partial charge on any atom is -0.462 e. The number of carbonyl (C=O) groups excluding carboxylic acids is 2. The molecule has 2 heterocycles. The van der Waals surface area contributed by atoms with Gasteiger partial charge in [0.25, 0.3) is 5.91 Å². The lowest BCUT2D eigenvalue weighted by molar-refractivity contribution is 0.0526. The predicted molar refractivity (Wildman–Crippen MR) is 172 cm³/mol. The van der Waals surface area contributed by atoms with Crippen LogP contribution in [0.5, 0.6) is 0 Å². The highest BCUT2D eigenvalue weighted by molar-refractivity contribution is 7.98. The maximum absolute atomic E-state index is 13.2. The number of thioether (sulfide) groups is 1. The first-order valence-corrected chi connectivity index (χ1v) is 16.2. The molecule has 0 saturated carbocycles. The summed E-state index contributed by atoms with van der Waals surface area (Å²) in [5.74, 6) is 0.843. The zero-order valence-electron chi connectivity index (χ0n) is 24.1. The highest BCUT2D eigenvalue weighted by Crippen LogP contribution is 2.39. The van der Waals surface area contributed by atoms with E-state index in [1.165, 1.54) is 21.8 Å². The summed E-state index contributed by atoms with van der Waals surface area (Å²) in [5, 5.41) is 13.4. The van der Waals surface area contributed by atoms with Gasteiger partial charge >= 0.3 is 5.97 Å². The van der Waals surface area contributed by atoms with Crippen molar-refractivity contribution in [3.8, 4) is 17.1 Å². The van der Waals surface area contributed by atoms with E-state index < -0.39 is 0 Å². The number of nitrogens with zero attached hydrogens (tertiary/aromatic N) is 3. The van der Waals surface area contributed by atoms with E-state index in [2.05, 4.69) is 51.3 Å². The number of hydrogen-bond acceptors (Lipinski definition) is 7. The van der Waals surface area contributed by atoms with Gasteiger partial charge in [-0.25, -0.2) is 4.79 Å². The molecule has 0 bridgehead atoms. The van der Waals surface area contributed by atoms with E-state index in [1.54, 1.807) is 18.7 Å². The quantitative estimate of drug-likeness (QED) is 0.135. The topological polar surface area (TPSA) is 86.1 Å². The molecule has 1 N–H and O–H groups in total. The molecule has 0 spiro atoms. The van der Waals surface area contributed by atoms with Crippen LogP contribution in [0, 0.1) is 6.92 Å². The molecule has 218 valence electrons. The van der Waals surface area contributed by atoms with E-state index in [0.29, 0.717) is 28.5 Å². The lowest BCUT2D eigenvalue weighted by Crippen LogP contribution is -2.15. The number of anilines is 1. The minimum absolute atomic E-state index is 0.241. The van der Waals surface area contributed by atoms with Crippen LogP contribution in [0.15, 0.2) is 84.0 Å². The number of benzene rings is 3. The van der Waals surface area contributed by atoms with Crippen molar-refractivity contribution in [1.29, 1.82) is 0 Å². The number of ether oxygens (including phenoxy) is 1. The third kappa shape index (κ3) is 6.28. The van der Waals surface area contributed by atoms with Gasteiger partial charge in [0.2, 0.25) is 0 Å². The van der Waals surface area contributed by atoms with Crippen molar-refractivity contribution >= 4 is 40.0 Å². The van der Waals surface area contributed by atoms with E-state index in [-0.39, 0.29) is 11.9 Å². The summed E-state index contributed by atoms with van der Waals surface area (Å²) in [6.45, 7) is 4.16. The van der Waals surface area contributed by atoms with Crippen LogP contribution in [0.25, 0.3) is 17.1 Å². The Morgan fingerprint density at radius 2 is 1.70 bits per heavy atom. The highest BCUT2D eigenvalue weighted by Gasteiger charge is 2.27. The van der Waals surface area contributed by atoms with Crippen molar-refractivity contribution in [2.45, 2.75) is 50.4 Å². The second-order valence-electron chi connectivity index (χ2n) is 10.4. The summed E-state index contributed by atoms with van der Waals surface area (Å²) in [6, 6.07) is 26.0. The number of amides is 1. The lowest BCUT2D eigenvalue weighted by Gasteiger charge is -2.12. The summed E-state index contributed by atoms with van der Waals surface area (Å²) in [5.41, 5.74) is 6.33. The Labute approximate surface area is 259 Å². The van der Waals surface area contributed by atoms with E-state index in [4.69, 9.17) is 4.74 Å². The summed E-state index contributed by atoms with van der Waals surface area (Å²) in [4.78, 5) is 27.2. The van der Waals surface area contributed by atoms with Gasteiger partial charge in [0.1, 0.15) is 5.00 Å². The van der Waals surface area contributed by atoms with Crippen LogP contribution in [-0.2, 0) is 23.3 Å². The molecule has 0 saturated heterocycles. The van der Waals surface area contributed by atoms with Crippen molar-refractivity contribution in [2.24, 2.45) is 0 Å². The van der Waals surface area contributed by atoms with E-state index in [1.807, 2.05) is 54.6 Å². The van der Waals surface area contributed by atoms with Crippen LogP contribution in [0.3, 0.4) is 0 Å². The molecular weight excluding hydrogens is 577 g/mol. The van der Waals surface area contributed by atoms with Crippen LogP contribution in [0.4, 0.5) is 5.00 Å². The molecule has 0 atom stereocenters. The Balaban J connectivity index is 1.18. The molecule has 1 aliphatic rings. The third-order valence-electron chi connectivity index (χ3n) is 7.42. The van der Waals surface area contributed by atoms with E-state index in [0.717, 1.165) is 59.0 Å². The molecule has 2 aromatic heterocycles. The van der Waals surface area contributed by atoms with Gasteiger partial charge in [0, 0.05) is 27.4 Å². The maximum atomic E-state index is 13.2. The molecule has 0 unspecified atom stereocenters. The molecule has 0 fully saturated rings. The fraction of sp³-hybridized carbons (Fsp3) is 0.235. The summed E-state index contributed by atoms with van der Waals surface area (Å²) in [7, 11) is 0. The van der Waals surface area contributed by atoms with Gasteiger partial charge in [-0.1, -0.05) is 71.9 Å². The number of fused-ring (bicyclic) bond motifs is 1. The molecule has 3 aromatic carbocycles. The highest BCUT2D eigenvalue weighted by atomic mass is 32.2. The SMILES string of the molecule is CCOC(=O)c1c(NC(=O)c2ccc(CSc3nnc(-c4ccccc4)n3-c3ccc(C)cc3)cc2)sc2c1CCCC2. The van der Waals surface area contributed by atoms with Crippen molar-refractivity contribution in [2.75, 3.05) is 11.9 Å². The number of rotatable bonds is 9. The zero-order chi connectivity index (χ0) is 29.8. The summed E-state index contributed by atoms with van der Waals surface area (Å²) < 4.78 is 7.42. The van der Waals surface area contributed by atoms with Crippen LogP contribution >= 0.6 is 23.1 Å². The van der Waals surface area contributed by atoms with Gasteiger partial charge in [-0.05, 0) is 74.9 Å². The Bertz CT molecular complexity index is 1740. The smallest absolute Gasteiger partial charge is 0.341 e. The normalized spacial score (nSPS) is 12.5. The molecular formula is C34H32N4O3S2. The van der Waals surface area contributed by atoms with Gasteiger partial charge < -0.3 is 10.1 Å². The molecule has 0 aliphatic heterocycles. The van der Waals surface area contributed by atoms with Crippen molar-refractivity contribution < 1.29 is 14.3 Å².